The maximum atomic E-state index is 12.0. The summed E-state index contributed by atoms with van der Waals surface area (Å²) in [5.41, 5.74) is -0.782. The van der Waals surface area contributed by atoms with Crippen LogP contribution in [0.25, 0.3) is 0 Å². The summed E-state index contributed by atoms with van der Waals surface area (Å²) in [4.78, 5) is 0. The lowest BCUT2D eigenvalue weighted by Crippen LogP contribution is -2.04. The van der Waals surface area contributed by atoms with E-state index in [1.54, 1.807) is 6.92 Å². The van der Waals surface area contributed by atoms with Crippen molar-refractivity contribution in [2.75, 3.05) is 6.61 Å². The molecular formula is C9H8F3O. The number of alkyl halides is 3. The van der Waals surface area contributed by atoms with Crippen molar-refractivity contribution in [1.29, 1.82) is 0 Å². The molecule has 0 aliphatic rings. The van der Waals surface area contributed by atoms with Gasteiger partial charge in [-0.25, -0.2) is 0 Å². The van der Waals surface area contributed by atoms with Gasteiger partial charge in [0.15, 0.2) is 0 Å². The standard InChI is InChI=1S/C9H8F3O/c1-2-13-8-5-3-7(4-6-8)9(10,11)12/h3,5-6H,2H2,1H3. The molecule has 0 amide bonds. The van der Waals surface area contributed by atoms with Crippen molar-refractivity contribution in [2.45, 2.75) is 13.1 Å². The van der Waals surface area contributed by atoms with Crippen LogP contribution in [0.15, 0.2) is 18.2 Å². The van der Waals surface area contributed by atoms with Gasteiger partial charge in [0, 0.05) is 0 Å². The molecule has 71 valence electrons. The first kappa shape index (κ1) is 9.89. The highest BCUT2D eigenvalue weighted by Gasteiger charge is 2.30. The first-order chi connectivity index (χ1) is 6.04. The Labute approximate surface area is 74.1 Å². The summed E-state index contributed by atoms with van der Waals surface area (Å²) in [5, 5.41) is 0. The molecule has 0 aliphatic heterocycles. The quantitative estimate of drug-likeness (QED) is 0.695. The van der Waals surface area contributed by atoms with Crippen molar-refractivity contribution in [3.05, 3.63) is 29.8 Å². The van der Waals surface area contributed by atoms with Gasteiger partial charge < -0.3 is 4.74 Å². The second kappa shape index (κ2) is 3.68. The van der Waals surface area contributed by atoms with Gasteiger partial charge in [-0.15, -0.1) is 0 Å². The van der Waals surface area contributed by atoms with Crippen molar-refractivity contribution >= 4 is 0 Å². The summed E-state index contributed by atoms with van der Waals surface area (Å²) < 4.78 is 41.1. The molecular weight excluding hydrogens is 181 g/mol. The first-order valence-electron chi connectivity index (χ1n) is 3.75. The van der Waals surface area contributed by atoms with Crippen molar-refractivity contribution in [1.82, 2.24) is 0 Å². The van der Waals surface area contributed by atoms with Crippen LogP contribution in [0, 0.1) is 6.07 Å². The molecule has 0 aromatic heterocycles. The Morgan fingerprint density at radius 3 is 2.46 bits per heavy atom. The number of ether oxygens (including phenoxy) is 1. The molecule has 0 spiro atoms. The van der Waals surface area contributed by atoms with E-state index in [0.717, 1.165) is 6.07 Å². The number of benzene rings is 1. The monoisotopic (exact) mass is 189 g/mol. The topological polar surface area (TPSA) is 9.23 Å². The average Bonchev–Trinajstić information content (AvgIpc) is 2.04. The molecule has 1 aromatic rings. The van der Waals surface area contributed by atoms with Crippen LogP contribution < -0.4 is 4.74 Å². The molecule has 1 aromatic carbocycles. The second-order valence-electron chi connectivity index (χ2n) is 2.37. The van der Waals surface area contributed by atoms with Gasteiger partial charge in [0.1, 0.15) is 5.75 Å². The van der Waals surface area contributed by atoms with Crippen LogP contribution in [0.4, 0.5) is 13.2 Å². The van der Waals surface area contributed by atoms with E-state index >= 15 is 0 Å². The van der Waals surface area contributed by atoms with Gasteiger partial charge in [-0.1, -0.05) is 0 Å². The lowest BCUT2D eigenvalue weighted by Gasteiger charge is -2.07. The molecule has 0 aliphatic carbocycles. The predicted octanol–water partition coefficient (Wildman–Crippen LogP) is 2.90. The number of rotatable bonds is 2. The molecule has 13 heavy (non-hydrogen) atoms. The number of hydrogen-bond acceptors (Lipinski definition) is 1. The highest BCUT2D eigenvalue weighted by molar-refractivity contribution is 5.27. The number of halogens is 3. The first-order valence-corrected chi connectivity index (χ1v) is 3.75. The van der Waals surface area contributed by atoms with Crippen molar-refractivity contribution in [3.8, 4) is 5.75 Å². The largest absolute Gasteiger partial charge is 0.494 e. The van der Waals surface area contributed by atoms with E-state index in [4.69, 9.17) is 4.74 Å². The normalized spacial score (nSPS) is 11.4. The zero-order valence-corrected chi connectivity index (χ0v) is 6.98. The minimum Gasteiger partial charge on any atom is -0.494 e. The molecule has 1 nitrogen and oxygen atoms in total. The Bertz CT molecular complexity index is 263. The van der Waals surface area contributed by atoms with E-state index in [-0.39, 0.29) is 0 Å². The second-order valence-corrected chi connectivity index (χ2v) is 2.37. The summed E-state index contributed by atoms with van der Waals surface area (Å²) in [6.45, 7) is 2.19. The lowest BCUT2D eigenvalue weighted by molar-refractivity contribution is -0.137. The molecule has 0 saturated heterocycles. The third-order valence-corrected chi connectivity index (χ3v) is 1.40. The molecule has 0 unspecified atom stereocenters. The van der Waals surface area contributed by atoms with Gasteiger partial charge in [0.25, 0.3) is 0 Å². The van der Waals surface area contributed by atoms with Gasteiger partial charge >= 0.3 is 6.18 Å². The zero-order chi connectivity index (χ0) is 9.90. The van der Waals surface area contributed by atoms with E-state index in [9.17, 15) is 13.2 Å². The Morgan fingerprint density at radius 2 is 2.08 bits per heavy atom. The molecule has 0 heterocycles. The zero-order valence-electron chi connectivity index (χ0n) is 6.98. The van der Waals surface area contributed by atoms with Crippen LogP contribution in [-0.4, -0.2) is 6.61 Å². The number of hydrogen-bond donors (Lipinski definition) is 0. The molecule has 0 N–H and O–H groups in total. The Hall–Kier alpha value is -1.19. The van der Waals surface area contributed by atoms with Gasteiger partial charge in [0.2, 0.25) is 0 Å². The summed E-state index contributed by atoms with van der Waals surface area (Å²) in [7, 11) is 0. The van der Waals surface area contributed by atoms with Crippen LogP contribution in [-0.2, 0) is 6.18 Å². The van der Waals surface area contributed by atoms with E-state index in [0.29, 0.717) is 12.4 Å². The highest BCUT2D eigenvalue weighted by atomic mass is 19.4. The fourth-order valence-corrected chi connectivity index (χ4v) is 0.843. The van der Waals surface area contributed by atoms with Gasteiger partial charge in [-0.2, -0.15) is 13.2 Å². The van der Waals surface area contributed by atoms with Crippen LogP contribution in [0.3, 0.4) is 0 Å². The molecule has 0 saturated carbocycles. The lowest BCUT2D eigenvalue weighted by atomic mass is 10.2. The smallest absolute Gasteiger partial charge is 0.417 e. The fraction of sp³-hybridized carbons (Fsp3) is 0.333. The predicted molar refractivity (Wildman–Crippen MR) is 41.4 cm³/mol. The van der Waals surface area contributed by atoms with E-state index in [1.165, 1.54) is 12.1 Å². The SMILES string of the molecule is CCOc1c[c]c(C(F)(F)F)cc1. The van der Waals surface area contributed by atoms with Crippen LogP contribution in [0.2, 0.25) is 0 Å². The van der Waals surface area contributed by atoms with Gasteiger partial charge in [-0.05, 0) is 31.2 Å². The molecule has 0 fully saturated rings. The van der Waals surface area contributed by atoms with E-state index in [1.807, 2.05) is 0 Å². The fourth-order valence-electron chi connectivity index (χ4n) is 0.843. The molecule has 0 atom stereocenters. The summed E-state index contributed by atoms with van der Waals surface area (Å²) in [6.07, 6.45) is -4.33. The van der Waals surface area contributed by atoms with Crippen LogP contribution >= 0.6 is 0 Å². The minimum absolute atomic E-state index is 0.399. The van der Waals surface area contributed by atoms with Crippen LogP contribution in [0.1, 0.15) is 12.5 Å². The Balaban J connectivity index is 2.81. The maximum absolute atomic E-state index is 12.0. The Morgan fingerprint density at radius 1 is 1.38 bits per heavy atom. The van der Waals surface area contributed by atoms with Crippen LogP contribution in [0.5, 0.6) is 5.75 Å². The van der Waals surface area contributed by atoms with E-state index < -0.39 is 11.7 Å². The van der Waals surface area contributed by atoms with Crippen molar-refractivity contribution < 1.29 is 17.9 Å². The third kappa shape index (κ3) is 2.65. The molecule has 4 heteroatoms. The third-order valence-electron chi connectivity index (χ3n) is 1.40. The average molecular weight is 189 g/mol. The van der Waals surface area contributed by atoms with Gasteiger partial charge in [-0.3, -0.25) is 0 Å². The highest BCUT2D eigenvalue weighted by Crippen LogP contribution is 2.29. The van der Waals surface area contributed by atoms with Crippen molar-refractivity contribution in [3.63, 3.8) is 0 Å². The van der Waals surface area contributed by atoms with Crippen molar-refractivity contribution in [2.24, 2.45) is 0 Å². The summed E-state index contributed by atoms with van der Waals surface area (Å²) in [5.74, 6) is 0.399. The Kier molecular flexibility index (Phi) is 2.80. The van der Waals surface area contributed by atoms with E-state index in [2.05, 4.69) is 6.07 Å². The summed E-state index contributed by atoms with van der Waals surface area (Å²) >= 11 is 0. The molecule has 1 radical (unpaired) electrons. The minimum atomic E-state index is -4.33. The van der Waals surface area contributed by atoms with Gasteiger partial charge in [0.05, 0.1) is 12.2 Å². The molecule has 1 rings (SSSR count). The maximum Gasteiger partial charge on any atom is 0.417 e. The molecule has 0 bridgehead atoms. The summed E-state index contributed by atoms with van der Waals surface area (Å²) in [6, 6.07) is 5.53.